The fraction of sp³-hybridized carbons (Fsp3) is 0.333. The first kappa shape index (κ1) is 19.4. The Labute approximate surface area is 172 Å². The van der Waals surface area contributed by atoms with Gasteiger partial charge in [-0.1, -0.05) is 42.5 Å². The number of carbonyl (C=O) groups excluding carboxylic acids is 1. The Morgan fingerprint density at radius 3 is 2.45 bits per heavy atom. The van der Waals surface area contributed by atoms with Crippen molar-refractivity contribution in [2.75, 3.05) is 33.2 Å². The second-order valence-corrected chi connectivity index (χ2v) is 7.76. The van der Waals surface area contributed by atoms with E-state index in [4.69, 9.17) is 5.10 Å². The molecule has 150 valence electrons. The van der Waals surface area contributed by atoms with Crippen LogP contribution in [-0.4, -0.2) is 58.7 Å². The van der Waals surface area contributed by atoms with Gasteiger partial charge in [0.05, 0.1) is 11.3 Å². The fourth-order valence-electron chi connectivity index (χ4n) is 3.89. The molecule has 0 unspecified atom stereocenters. The van der Waals surface area contributed by atoms with E-state index in [1.54, 1.807) is 0 Å². The largest absolute Gasteiger partial charge is 0.340 e. The van der Waals surface area contributed by atoms with Crippen LogP contribution in [0.1, 0.15) is 28.8 Å². The Morgan fingerprint density at radius 2 is 1.72 bits per heavy atom. The summed E-state index contributed by atoms with van der Waals surface area (Å²) in [7, 11) is 1.89. The summed E-state index contributed by atoms with van der Waals surface area (Å²) in [6.45, 7) is 5.99. The van der Waals surface area contributed by atoms with Crippen molar-refractivity contribution in [2.45, 2.75) is 19.8 Å². The van der Waals surface area contributed by atoms with Crippen LogP contribution < -0.4 is 0 Å². The summed E-state index contributed by atoms with van der Waals surface area (Å²) in [5.41, 5.74) is 4.44. The molecular formula is C24H28N4O. The zero-order valence-electron chi connectivity index (χ0n) is 17.2. The van der Waals surface area contributed by atoms with Crippen molar-refractivity contribution >= 4 is 5.91 Å². The third kappa shape index (κ3) is 4.25. The van der Waals surface area contributed by atoms with Crippen LogP contribution in [0.3, 0.4) is 0 Å². The molecule has 0 radical (unpaired) electrons. The molecule has 0 aliphatic carbocycles. The smallest absolute Gasteiger partial charge is 0.257 e. The molecule has 0 saturated carbocycles. The first-order chi connectivity index (χ1) is 14.1. The summed E-state index contributed by atoms with van der Waals surface area (Å²) in [6, 6.07) is 18.0. The zero-order valence-corrected chi connectivity index (χ0v) is 17.2. The molecular weight excluding hydrogens is 360 g/mol. The third-order valence-corrected chi connectivity index (χ3v) is 5.66. The molecule has 1 aliphatic heterocycles. The summed E-state index contributed by atoms with van der Waals surface area (Å²) in [5, 5.41) is 4.81. The Kier molecular flexibility index (Phi) is 5.76. The standard InChI is InChI=1S/C24H28N4O/c1-19-10-6-7-13-21(19)23-22(18-28(25-23)20-11-4-3-5-12-20)24(29)26(2)16-17-27-14-8-9-15-27/h3-7,10-13,18H,8-9,14-17H2,1-2H3. The Hall–Kier alpha value is -2.92. The second-order valence-electron chi connectivity index (χ2n) is 7.76. The highest BCUT2D eigenvalue weighted by Crippen LogP contribution is 2.27. The van der Waals surface area contributed by atoms with Crippen molar-refractivity contribution in [3.05, 3.63) is 71.9 Å². The normalized spacial score (nSPS) is 14.3. The molecule has 1 fully saturated rings. The minimum atomic E-state index is 0.0182. The number of nitrogens with zero attached hydrogens (tertiary/aromatic N) is 4. The molecule has 0 spiro atoms. The minimum Gasteiger partial charge on any atom is -0.340 e. The highest BCUT2D eigenvalue weighted by Gasteiger charge is 2.23. The number of aromatic nitrogens is 2. The van der Waals surface area contributed by atoms with Crippen molar-refractivity contribution in [3.8, 4) is 16.9 Å². The summed E-state index contributed by atoms with van der Waals surface area (Å²) in [4.78, 5) is 17.6. The number of hydrogen-bond donors (Lipinski definition) is 0. The number of aryl methyl sites for hydroxylation is 1. The molecule has 5 heteroatoms. The molecule has 1 saturated heterocycles. The second kappa shape index (κ2) is 8.62. The summed E-state index contributed by atoms with van der Waals surface area (Å²) in [6.07, 6.45) is 4.39. The number of likely N-dealkylation sites (tertiary alicyclic amines) is 1. The van der Waals surface area contributed by atoms with Crippen LogP contribution in [0.25, 0.3) is 16.9 Å². The van der Waals surface area contributed by atoms with E-state index in [0.29, 0.717) is 5.56 Å². The van der Waals surface area contributed by atoms with Gasteiger partial charge in [0.1, 0.15) is 5.69 Å². The van der Waals surface area contributed by atoms with E-state index in [1.165, 1.54) is 12.8 Å². The lowest BCUT2D eigenvalue weighted by atomic mass is 10.0. The summed E-state index contributed by atoms with van der Waals surface area (Å²) >= 11 is 0. The van der Waals surface area contributed by atoms with E-state index in [9.17, 15) is 4.79 Å². The fourth-order valence-corrected chi connectivity index (χ4v) is 3.89. The Bertz CT molecular complexity index is 974. The molecule has 1 aromatic heterocycles. The molecule has 2 heterocycles. The van der Waals surface area contributed by atoms with Crippen LogP contribution in [-0.2, 0) is 0 Å². The van der Waals surface area contributed by atoms with Gasteiger partial charge in [-0.05, 0) is 50.6 Å². The number of rotatable bonds is 6. The van der Waals surface area contributed by atoms with Crippen LogP contribution in [0.2, 0.25) is 0 Å². The van der Waals surface area contributed by atoms with Gasteiger partial charge in [0.2, 0.25) is 0 Å². The maximum Gasteiger partial charge on any atom is 0.257 e. The van der Waals surface area contributed by atoms with Crippen molar-refractivity contribution in [3.63, 3.8) is 0 Å². The first-order valence-corrected chi connectivity index (χ1v) is 10.3. The lowest BCUT2D eigenvalue weighted by Crippen LogP contribution is -2.35. The maximum absolute atomic E-state index is 13.4. The lowest BCUT2D eigenvalue weighted by molar-refractivity contribution is 0.0783. The van der Waals surface area contributed by atoms with Gasteiger partial charge in [0.25, 0.3) is 5.91 Å². The van der Waals surface area contributed by atoms with E-state index < -0.39 is 0 Å². The monoisotopic (exact) mass is 388 g/mol. The lowest BCUT2D eigenvalue weighted by Gasteiger charge is -2.21. The van der Waals surface area contributed by atoms with E-state index in [2.05, 4.69) is 17.9 Å². The molecule has 4 rings (SSSR count). The van der Waals surface area contributed by atoms with E-state index in [-0.39, 0.29) is 5.91 Å². The molecule has 0 bridgehead atoms. The van der Waals surface area contributed by atoms with Crippen LogP contribution >= 0.6 is 0 Å². The summed E-state index contributed by atoms with van der Waals surface area (Å²) in [5.74, 6) is 0.0182. The average molecular weight is 389 g/mol. The van der Waals surface area contributed by atoms with Gasteiger partial charge >= 0.3 is 0 Å². The highest BCUT2D eigenvalue weighted by molar-refractivity contribution is 6.00. The van der Waals surface area contributed by atoms with E-state index in [1.807, 2.05) is 71.4 Å². The Balaban J connectivity index is 1.66. The van der Waals surface area contributed by atoms with Crippen LogP contribution in [0, 0.1) is 6.92 Å². The SMILES string of the molecule is Cc1ccccc1-c1nn(-c2ccccc2)cc1C(=O)N(C)CCN1CCCC1. The zero-order chi connectivity index (χ0) is 20.2. The van der Waals surface area contributed by atoms with Gasteiger partial charge in [-0.3, -0.25) is 4.79 Å². The average Bonchev–Trinajstić information content (AvgIpc) is 3.42. The van der Waals surface area contributed by atoms with Gasteiger partial charge in [-0.15, -0.1) is 0 Å². The highest BCUT2D eigenvalue weighted by atomic mass is 16.2. The van der Waals surface area contributed by atoms with Gasteiger partial charge < -0.3 is 9.80 Å². The molecule has 0 atom stereocenters. The van der Waals surface area contributed by atoms with Crippen LogP contribution in [0.15, 0.2) is 60.8 Å². The third-order valence-electron chi connectivity index (χ3n) is 5.66. The number of para-hydroxylation sites is 1. The van der Waals surface area contributed by atoms with Crippen molar-refractivity contribution in [1.82, 2.24) is 19.6 Å². The van der Waals surface area contributed by atoms with E-state index >= 15 is 0 Å². The molecule has 3 aromatic rings. The predicted molar refractivity (Wildman–Crippen MR) is 116 cm³/mol. The molecule has 29 heavy (non-hydrogen) atoms. The maximum atomic E-state index is 13.4. The summed E-state index contributed by atoms with van der Waals surface area (Å²) < 4.78 is 1.81. The Morgan fingerprint density at radius 1 is 1.03 bits per heavy atom. The van der Waals surface area contributed by atoms with Gasteiger partial charge in [0.15, 0.2) is 0 Å². The van der Waals surface area contributed by atoms with Gasteiger partial charge in [-0.25, -0.2) is 4.68 Å². The molecule has 5 nitrogen and oxygen atoms in total. The molecule has 2 aromatic carbocycles. The topological polar surface area (TPSA) is 41.4 Å². The minimum absolute atomic E-state index is 0.0182. The number of benzene rings is 2. The number of carbonyl (C=O) groups is 1. The van der Waals surface area contributed by atoms with E-state index in [0.717, 1.165) is 48.7 Å². The van der Waals surface area contributed by atoms with Crippen molar-refractivity contribution in [2.24, 2.45) is 0 Å². The number of likely N-dealkylation sites (N-methyl/N-ethyl adjacent to an activating group) is 1. The van der Waals surface area contributed by atoms with Crippen LogP contribution in [0.4, 0.5) is 0 Å². The molecule has 0 N–H and O–H groups in total. The van der Waals surface area contributed by atoms with Crippen LogP contribution in [0.5, 0.6) is 0 Å². The van der Waals surface area contributed by atoms with Crippen molar-refractivity contribution < 1.29 is 4.79 Å². The van der Waals surface area contributed by atoms with Gasteiger partial charge in [0, 0.05) is 31.9 Å². The molecule has 1 amide bonds. The number of hydrogen-bond acceptors (Lipinski definition) is 3. The first-order valence-electron chi connectivity index (χ1n) is 10.3. The van der Waals surface area contributed by atoms with Gasteiger partial charge in [-0.2, -0.15) is 5.10 Å². The predicted octanol–water partition coefficient (Wildman–Crippen LogP) is 4.02. The molecule has 1 aliphatic rings. The quantitative estimate of drug-likeness (QED) is 0.641. The number of amides is 1. The van der Waals surface area contributed by atoms with Crippen molar-refractivity contribution in [1.29, 1.82) is 0 Å².